The van der Waals surface area contributed by atoms with Crippen LogP contribution in [0.15, 0.2) is 11.4 Å². The fourth-order valence-electron chi connectivity index (χ4n) is 1.99. The second-order valence-corrected chi connectivity index (χ2v) is 5.51. The fourth-order valence-corrected chi connectivity index (χ4v) is 2.87. The van der Waals surface area contributed by atoms with Crippen molar-refractivity contribution in [3.8, 4) is 11.8 Å². The number of thiophene rings is 1. The molecule has 1 saturated heterocycles. The maximum atomic E-state index is 8.67. The van der Waals surface area contributed by atoms with E-state index >= 15 is 0 Å². The number of aliphatic hydroxyl groups excluding tert-OH is 1. The van der Waals surface area contributed by atoms with Crippen molar-refractivity contribution in [2.24, 2.45) is 0 Å². The van der Waals surface area contributed by atoms with Crippen LogP contribution in [0.4, 0.5) is 0 Å². The monoisotopic (exact) mass is 265 g/mol. The molecule has 1 aromatic rings. The third kappa shape index (κ3) is 3.82. The highest BCUT2D eigenvalue weighted by atomic mass is 32.1. The predicted octanol–water partition coefficient (Wildman–Crippen LogP) is 1.70. The van der Waals surface area contributed by atoms with E-state index in [9.17, 15) is 0 Å². The Bertz CT molecular complexity index is 426. The number of ether oxygens (including phenoxy) is 1. The molecule has 98 valence electrons. The van der Waals surface area contributed by atoms with Crippen LogP contribution in [0.25, 0.3) is 0 Å². The normalized spacial score (nSPS) is 18.9. The Hall–Kier alpha value is -0.860. The van der Waals surface area contributed by atoms with Gasteiger partial charge in [0.25, 0.3) is 0 Å². The molecule has 1 aliphatic heterocycles. The molecular weight excluding hydrogens is 246 g/mol. The summed E-state index contributed by atoms with van der Waals surface area (Å²) in [6.07, 6.45) is 1.68. The van der Waals surface area contributed by atoms with Gasteiger partial charge in [-0.3, -0.25) is 4.90 Å². The zero-order valence-corrected chi connectivity index (χ0v) is 11.5. The Morgan fingerprint density at radius 3 is 3.22 bits per heavy atom. The standard InChI is InChI=1S/C14H19NO2S/c1-15(13-5-7-17-10-13)9-14-8-12(11-18-14)4-2-3-6-16/h8,11,13,16H,3,5-7,9-10H2,1H3. The van der Waals surface area contributed by atoms with E-state index in [1.165, 1.54) is 4.88 Å². The van der Waals surface area contributed by atoms with Gasteiger partial charge in [0.05, 0.1) is 13.2 Å². The summed E-state index contributed by atoms with van der Waals surface area (Å²) >= 11 is 1.75. The van der Waals surface area contributed by atoms with Gasteiger partial charge in [-0.15, -0.1) is 11.3 Å². The second kappa shape index (κ2) is 6.91. The maximum absolute atomic E-state index is 8.67. The Labute approximate surface area is 112 Å². The highest BCUT2D eigenvalue weighted by molar-refractivity contribution is 7.10. The summed E-state index contributed by atoms with van der Waals surface area (Å²) in [6, 6.07) is 2.69. The van der Waals surface area contributed by atoms with Gasteiger partial charge in [0.15, 0.2) is 0 Å². The van der Waals surface area contributed by atoms with Crippen LogP contribution in [0.1, 0.15) is 23.3 Å². The van der Waals surface area contributed by atoms with E-state index in [0.29, 0.717) is 12.5 Å². The summed E-state index contributed by atoms with van der Waals surface area (Å²) in [6.45, 7) is 2.83. The summed E-state index contributed by atoms with van der Waals surface area (Å²) < 4.78 is 5.40. The minimum atomic E-state index is 0.133. The second-order valence-electron chi connectivity index (χ2n) is 4.51. The molecular formula is C14H19NO2S. The quantitative estimate of drug-likeness (QED) is 0.841. The van der Waals surface area contributed by atoms with Crippen molar-refractivity contribution < 1.29 is 9.84 Å². The van der Waals surface area contributed by atoms with E-state index in [-0.39, 0.29) is 6.61 Å². The molecule has 0 spiro atoms. The van der Waals surface area contributed by atoms with Crippen molar-refractivity contribution in [1.82, 2.24) is 4.90 Å². The van der Waals surface area contributed by atoms with Crippen LogP contribution >= 0.6 is 11.3 Å². The molecule has 1 unspecified atom stereocenters. The van der Waals surface area contributed by atoms with Crippen LogP contribution in [-0.4, -0.2) is 42.9 Å². The lowest BCUT2D eigenvalue weighted by Crippen LogP contribution is -2.31. The summed E-state index contributed by atoms with van der Waals surface area (Å²) in [5.74, 6) is 6.01. The molecule has 0 bridgehead atoms. The molecule has 1 aromatic heterocycles. The first-order valence-electron chi connectivity index (χ1n) is 6.24. The lowest BCUT2D eigenvalue weighted by Gasteiger charge is -2.21. The molecule has 1 atom stereocenters. The number of hydrogen-bond acceptors (Lipinski definition) is 4. The molecule has 1 fully saturated rings. The van der Waals surface area contributed by atoms with Gasteiger partial charge >= 0.3 is 0 Å². The van der Waals surface area contributed by atoms with E-state index in [1.54, 1.807) is 11.3 Å². The number of nitrogens with zero attached hydrogens (tertiary/aromatic N) is 1. The molecule has 2 heterocycles. The summed E-state index contributed by atoms with van der Waals surface area (Å²) in [4.78, 5) is 3.68. The van der Waals surface area contributed by atoms with E-state index < -0.39 is 0 Å². The largest absolute Gasteiger partial charge is 0.395 e. The van der Waals surface area contributed by atoms with Crippen molar-refractivity contribution in [3.63, 3.8) is 0 Å². The van der Waals surface area contributed by atoms with Gasteiger partial charge in [-0.25, -0.2) is 0 Å². The molecule has 2 rings (SSSR count). The van der Waals surface area contributed by atoms with Gasteiger partial charge in [0, 0.05) is 41.4 Å². The number of rotatable bonds is 4. The van der Waals surface area contributed by atoms with Crippen LogP contribution in [-0.2, 0) is 11.3 Å². The Balaban J connectivity index is 1.88. The van der Waals surface area contributed by atoms with Gasteiger partial charge in [0.1, 0.15) is 0 Å². The van der Waals surface area contributed by atoms with Crippen LogP contribution in [0.5, 0.6) is 0 Å². The molecule has 1 aliphatic rings. The topological polar surface area (TPSA) is 32.7 Å². The van der Waals surface area contributed by atoms with Crippen molar-refractivity contribution in [1.29, 1.82) is 0 Å². The van der Waals surface area contributed by atoms with Crippen LogP contribution in [0.2, 0.25) is 0 Å². The first kappa shape index (κ1) is 13.6. The molecule has 0 aliphatic carbocycles. The predicted molar refractivity (Wildman–Crippen MR) is 73.6 cm³/mol. The lowest BCUT2D eigenvalue weighted by molar-refractivity contribution is 0.157. The third-order valence-electron chi connectivity index (χ3n) is 3.06. The Kier molecular flexibility index (Phi) is 5.21. The summed E-state index contributed by atoms with van der Waals surface area (Å²) in [5, 5.41) is 10.8. The van der Waals surface area contributed by atoms with Gasteiger partial charge < -0.3 is 9.84 Å². The molecule has 1 N–H and O–H groups in total. The number of likely N-dealkylation sites (N-methyl/N-ethyl adjacent to an activating group) is 1. The van der Waals surface area contributed by atoms with E-state index in [1.807, 2.05) is 0 Å². The van der Waals surface area contributed by atoms with Crippen molar-refractivity contribution in [2.75, 3.05) is 26.9 Å². The first-order chi connectivity index (χ1) is 8.79. The molecule has 0 amide bonds. The van der Waals surface area contributed by atoms with Crippen molar-refractivity contribution in [2.45, 2.75) is 25.4 Å². The molecule has 0 saturated carbocycles. The van der Waals surface area contributed by atoms with Gasteiger partial charge in [-0.1, -0.05) is 11.8 Å². The highest BCUT2D eigenvalue weighted by Gasteiger charge is 2.20. The third-order valence-corrected chi connectivity index (χ3v) is 3.98. The van der Waals surface area contributed by atoms with Crippen LogP contribution in [0, 0.1) is 11.8 Å². The van der Waals surface area contributed by atoms with E-state index in [0.717, 1.165) is 31.7 Å². The van der Waals surface area contributed by atoms with Gasteiger partial charge in [-0.2, -0.15) is 0 Å². The summed E-state index contributed by atoms with van der Waals surface area (Å²) in [5.41, 5.74) is 1.06. The lowest BCUT2D eigenvalue weighted by atomic mass is 10.2. The highest BCUT2D eigenvalue weighted by Crippen LogP contribution is 2.19. The maximum Gasteiger partial charge on any atom is 0.0622 e. The minimum absolute atomic E-state index is 0.133. The molecule has 0 aromatic carbocycles. The summed E-state index contributed by atoms with van der Waals surface area (Å²) in [7, 11) is 2.15. The number of aliphatic hydroxyl groups is 1. The fraction of sp³-hybridized carbons (Fsp3) is 0.571. The zero-order valence-electron chi connectivity index (χ0n) is 10.7. The SMILES string of the molecule is CN(Cc1cc(C#CCCO)cs1)C1CCOC1. The Morgan fingerprint density at radius 2 is 2.50 bits per heavy atom. The van der Waals surface area contributed by atoms with Crippen LogP contribution < -0.4 is 0 Å². The smallest absolute Gasteiger partial charge is 0.0622 e. The minimum Gasteiger partial charge on any atom is -0.395 e. The van der Waals surface area contributed by atoms with E-state index in [4.69, 9.17) is 9.84 Å². The van der Waals surface area contributed by atoms with E-state index in [2.05, 4.69) is 35.2 Å². The van der Waals surface area contributed by atoms with Crippen molar-refractivity contribution >= 4 is 11.3 Å². The van der Waals surface area contributed by atoms with Crippen LogP contribution in [0.3, 0.4) is 0 Å². The molecule has 4 heteroatoms. The molecule has 18 heavy (non-hydrogen) atoms. The first-order valence-corrected chi connectivity index (χ1v) is 7.12. The number of hydrogen-bond donors (Lipinski definition) is 1. The Morgan fingerprint density at radius 1 is 1.61 bits per heavy atom. The van der Waals surface area contributed by atoms with Crippen molar-refractivity contribution in [3.05, 3.63) is 21.9 Å². The zero-order chi connectivity index (χ0) is 12.8. The van der Waals surface area contributed by atoms with Gasteiger partial charge in [0.2, 0.25) is 0 Å². The molecule has 3 nitrogen and oxygen atoms in total. The van der Waals surface area contributed by atoms with Gasteiger partial charge in [-0.05, 0) is 19.5 Å². The average molecular weight is 265 g/mol. The molecule has 0 radical (unpaired) electrons. The average Bonchev–Trinajstić information content (AvgIpc) is 3.00.